The second-order valence-corrected chi connectivity index (χ2v) is 13.8. The van der Waals surface area contributed by atoms with Crippen molar-refractivity contribution in [3.63, 3.8) is 0 Å². The van der Waals surface area contributed by atoms with E-state index in [1.165, 1.54) is 0 Å². The number of pyridine rings is 3. The van der Waals surface area contributed by atoms with Gasteiger partial charge in [0.25, 0.3) is 0 Å². The number of rotatable bonds is 7. The van der Waals surface area contributed by atoms with Crippen LogP contribution in [-0.2, 0) is 21.1 Å². The minimum Gasteiger partial charge on any atom is -0.509 e. The molecule has 4 aromatic heterocycles. The summed E-state index contributed by atoms with van der Waals surface area (Å²) in [6, 6.07) is 62.7. The molecule has 0 amide bonds. The topological polar surface area (TPSA) is 59.3 Å². The zero-order valence-electron chi connectivity index (χ0n) is 30.8. The average Bonchev–Trinajstić information content (AvgIpc) is 3.83. The van der Waals surface area contributed by atoms with Gasteiger partial charge in [-0.1, -0.05) is 90.4 Å². The van der Waals surface area contributed by atoms with E-state index in [2.05, 4.69) is 135 Å². The molecule has 7 nitrogen and oxygen atoms in total. The smallest absolute Gasteiger partial charge is 0.135 e. The Balaban J connectivity index is 0.00000408. The summed E-state index contributed by atoms with van der Waals surface area (Å²) in [4.78, 5) is 18.8. The summed E-state index contributed by atoms with van der Waals surface area (Å²) >= 11 is 0. The monoisotopic (exact) mass is 926 g/mol. The molecule has 0 bridgehead atoms. The number of para-hydroxylation sites is 2. The van der Waals surface area contributed by atoms with Crippen molar-refractivity contribution in [1.82, 2.24) is 19.5 Å². The molecule has 0 fully saturated rings. The maximum absolute atomic E-state index is 6.58. The molecule has 10 aromatic rings. The Bertz CT molecular complexity index is 3040. The summed E-state index contributed by atoms with van der Waals surface area (Å²) in [5, 5.41) is 4.47. The van der Waals surface area contributed by atoms with Crippen LogP contribution < -0.4 is 14.5 Å². The van der Waals surface area contributed by atoms with E-state index < -0.39 is 0 Å². The van der Waals surface area contributed by atoms with Crippen LogP contribution in [0.25, 0.3) is 60.9 Å². The molecule has 0 saturated heterocycles. The van der Waals surface area contributed by atoms with Gasteiger partial charge in [-0.3, -0.25) is 9.97 Å². The van der Waals surface area contributed by atoms with Gasteiger partial charge < -0.3 is 19.1 Å². The first-order valence-corrected chi connectivity index (χ1v) is 18.8. The van der Waals surface area contributed by atoms with Gasteiger partial charge in [0.1, 0.15) is 5.82 Å². The fourth-order valence-electron chi connectivity index (χ4n) is 7.96. The van der Waals surface area contributed by atoms with E-state index in [9.17, 15) is 0 Å². The molecule has 6 aromatic carbocycles. The molecule has 0 unspecified atom stereocenters. The second-order valence-electron chi connectivity index (χ2n) is 13.8. The number of fused-ring (bicyclic) bond motifs is 6. The predicted molar refractivity (Wildman–Crippen MR) is 228 cm³/mol. The Labute approximate surface area is 349 Å². The Morgan fingerprint density at radius 3 is 1.90 bits per heavy atom. The van der Waals surface area contributed by atoms with Crippen LogP contribution in [0.15, 0.2) is 182 Å². The third kappa shape index (κ3) is 5.99. The van der Waals surface area contributed by atoms with Crippen molar-refractivity contribution in [3.05, 3.63) is 201 Å². The summed E-state index contributed by atoms with van der Waals surface area (Å²) in [5.74, 6) is 1.97. The van der Waals surface area contributed by atoms with Crippen molar-refractivity contribution in [1.29, 1.82) is 0 Å². The minimum absolute atomic E-state index is 0. The molecule has 58 heavy (non-hydrogen) atoms. The van der Waals surface area contributed by atoms with Gasteiger partial charge in [-0.05, 0) is 59.3 Å². The van der Waals surface area contributed by atoms with Gasteiger partial charge in [0.05, 0.1) is 11.4 Å². The van der Waals surface area contributed by atoms with E-state index in [1.807, 2.05) is 85.3 Å². The molecular formula is C50H31N6OPt-3. The van der Waals surface area contributed by atoms with Crippen molar-refractivity contribution in [2.24, 2.45) is 0 Å². The molecule has 0 saturated carbocycles. The van der Waals surface area contributed by atoms with Crippen LogP contribution in [-0.4, -0.2) is 19.5 Å². The van der Waals surface area contributed by atoms with Crippen LogP contribution >= 0.6 is 0 Å². The molecule has 0 spiro atoms. The van der Waals surface area contributed by atoms with Crippen LogP contribution in [0.2, 0.25) is 0 Å². The maximum Gasteiger partial charge on any atom is 0.135 e. The van der Waals surface area contributed by atoms with Crippen LogP contribution in [0.4, 0.5) is 22.7 Å². The van der Waals surface area contributed by atoms with E-state index >= 15 is 0 Å². The van der Waals surface area contributed by atoms with E-state index in [4.69, 9.17) is 14.7 Å². The van der Waals surface area contributed by atoms with Gasteiger partial charge in [0, 0.05) is 90.2 Å². The zero-order chi connectivity index (χ0) is 37.7. The van der Waals surface area contributed by atoms with E-state index in [1.54, 1.807) is 0 Å². The number of hydrogen-bond acceptors (Lipinski definition) is 6. The van der Waals surface area contributed by atoms with Crippen LogP contribution in [0.5, 0.6) is 11.5 Å². The SMILES string of the molecule is [Pt].[c-]1c(Oc2[c-]c3c(cc2)c2ccccc2n3-c2ccccn2)cccc1N1[CH-]N(c2c(-c3ccccn3)cccc2-c2ccccn2)c2c1ccc1ccccc21. The molecule has 0 radical (unpaired) electrons. The molecule has 0 atom stereocenters. The Kier molecular flexibility index (Phi) is 9.00. The largest absolute Gasteiger partial charge is 0.509 e. The quantitative estimate of drug-likeness (QED) is 0.148. The number of benzene rings is 6. The number of ether oxygens (including phenoxy) is 1. The van der Waals surface area contributed by atoms with E-state index in [0.717, 1.165) is 83.7 Å². The summed E-state index contributed by atoms with van der Waals surface area (Å²) in [6.45, 7) is 2.14. The number of anilines is 4. The fourth-order valence-corrected chi connectivity index (χ4v) is 7.96. The third-order valence-electron chi connectivity index (χ3n) is 10.4. The van der Waals surface area contributed by atoms with Crippen molar-refractivity contribution in [2.45, 2.75) is 0 Å². The standard InChI is InChI=1S/C50H31N6O.Pt/c1-2-16-38-34(13-1)24-27-46-50(38)55(49-41(43-20-5-8-28-51-43)18-12-19-42(49)44-21-6-9-29-52-44)33-54(46)35-14-11-15-36(31-35)57-37-25-26-40-39-17-3-4-22-45(39)56(47(40)32-37)48-23-7-10-30-53-48;/h1-30,33H;/q-3;. The maximum atomic E-state index is 6.58. The van der Waals surface area contributed by atoms with Gasteiger partial charge in [0.2, 0.25) is 0 Å². The normalized spacial score (nSPS) is 12.2. The first-order valence-electron chi connectivity index (χ1n) is 18.8. The molecule has 280 valence electrons. The van der Waals surface area contributed by atoms with Crippen molar-refractivity contribution >= 4 is 55.3 Å². The molecule has 8 heteroatoms. The van der Waals surface area contributed by atoms with Crippen molar-refractivity contribution < 1.29 is 25.8 Å². The van der Waals surface area contributed by atoms with Crippen LogP contribution in [0, 0.1) is 18.8 Å². The van der Waals surface area contributed by atoms with Gasteiger partial charge in [-0.25, -0.2) is 4.98 Å². The van der Waals surface area contributed by atoms with Gasteiger partial charge in [-0.15, -0.1) is 48.1 Å². The van der Waals surface area contributed by atoms with E-state index in [-0.39, 0.29) is 21.1 Å². The first-order chi connectivity index (χ1) is 28.3. The van der Waals surface area contributed by atoms with Gasteiger partial charge in [0.15, 0.2) is 0 Å². The molecule has 0 N–H and O–H groups in total. The summed E-state index contributed by atoms with van der Waals surface area (Å²) in [7, 11) is 0. The van der Waals surface area contributed by atoms with E-state index in [0.29, 0.717) is 11.5 Å². The molecule has 5 heterocycles. The van der Waals surface area contributed by atoms with Crippen LogP contribution in [0.3, 0.4) is 0 Å². The second kappa shape index (κ2) is 14.8. The van der Waals surface area contributed by atoms with Crippen molar-refractivity contribution in [3.8, 4) is 39.8 Å². The number of aromatic nitrogens is 4. The summed E-state index contributed by atoms with van der Waals surface area (Å²) in [5.41, 5.74) is 9.54. The predicted octanol–water partition coefficient (Wildman–Crippen LogP) is 12.3. The fraction of sp³-hybridized carbons (Fsp3) is 0. The molecular weight excluding hydrogens is 896 g/mol. The van der Waals surface area contributed by atoms with Gasteiger partial charge >= 0.3 is 0 Å². The molecule has 1 aliphatic heterocycles. The summed E-state index contributed by atoms with van der Waals surface area (Å²) < 4.78 is 8.72. The third-order valence-corrected chi connectivity index (χ3v) is 10.4. The summed E-state index contributed by atoms with van der Waals surface area (Å²) in [6.07, 6.45) is 5.48. The number of hydrogen-bond donors (Lipinski definition) is 0. The first kappa shape index (κ1) is 35.3. The minimum atomic E-state index is 0. The Hall–Kier alpha value is -7.08. The molecule has 0 aliphatic carbocycles. The molecule has 11 rings (SSSR count). The van der Waals surface area contributed by atoms with Gasteiger partial charge in [-0.2, -0.15) is 12.1 Å². The zero-order valence-corrected chi connectivity index (χ0v) is 33.1. The van der Waals surface area contributed by atoms with Crippen LogP contribution in [0.1, 0.15) is 0 Å². The number of nitrogens with zero attached hydrogens (tertiary/aromatic N) is 6. The van der Waals surface area contributed by atoms with Crippen molar-refractivity contribution in [2.75, 3.05) is 9.80 Å². The Morgan fingerprint density at radius 2 is 1.16 bits per heavy atom. The molecule has 1 aliphatic rings. The average molecular weight is 927 g/mol. The Morgan fingerprint density at radius 1 is 0.483 bits per heavy atom.